The molecule has 164 valence electrons. The number of nitrogens with one attached hydrogen (secondary N) is 2. The third-order valence-corrected chi connectivity index (χ3v) is 4.97. The van der Waals surface area contributed by atoms with Crippen molar-refractivity contribution in [2.45, 2.75) is 26.8 Å². The van der Waals surface area contributed by atoms with Gasteiger partial charge in [0.1, 0.15) is 0 Å². The molecule has 0 spiro atoms. The fraction of sp³-hybridized carbons (Fsp3) is 0.348. The van der Waals surface area contributed by atoms with Crippen molar-refractivity contribution in [3.05, 3.63) is 48.0 Å². The summed E-state index contributed by atoms with van der Waals surface area (Å²) in [6, 6.07) is 12.5. The van der Waals surface area contributed by atoms with E-state index in [9.17, 15) is 14.4 Å². The van der Waals surface area contributed by atoms with Crippen LogP contribution in [0.1, 0.15) is 25.8 Å². The number of amides is 3. The van der Waals surface area contributed by atoms with Crippen LogP contribution in [0.25, 0.3) is 0 Å². The Hall–Kier alpha value is -3.55. The van der Waals surface area contributed by atoms with Crippen LogP contribution >= 0.6 is 0 Å². The second-order valence-corrected chi connectivity index (χ2v) is 7.27. The number of anilines is 2. The summed E-state index contributed by atoms with van der Waals surface area (Å²) in [6.45, 7) is 4.47. The summed E-state index contributed by atoms with van der Waals surface area (Å²) < 4.78 is 10.8. The molecule has 2 aromatic carbocycles. The average Bonchev–Trinajstić information content (AvgIpc) is 3.14. The molecule has 0 aromatic heterocycles. The average molecular weight is 425 g/mol. The molecule has 1 aliphatic heterocycles. The lowest BCUT2D eigenvalue weighted by atomic mass is 10.1. The van der Waals surface area contributed by atoms with Crippen molar-refractivity contribution in [3.8, 4) is 11.5 Å². The Labute approximate surface area is 181 Å². The van der Waals surface area contributed by atoms with E-state index in [2.05, 4.69) is 10.6 Å². The zero-order valence-corrected chi connectivity index (χ0v) is 17.9. The first-order chi connectivity index (χ1) is 14.9. The van der Waals surface area contributed by atoms with Gasteiger partial charge in [0.2, 0.25) is 17.7 Å². The zero-order chi connectivity index (χ0) is 22.4. The Morgan fingerprint density at radius 3 is 2.68 bits per heavy atom. The molecule has 1 saturated heterocycles. The van der Waals surface area contributed by atoms with E-state index < -0.39 is 5.92 Å². The summed E-state index contributed by atoms with van der Waals surface area (Å²) in [5.41, 5.74) is 2.13. The van der Waals surface area contributed by atoms with Gasteiger partial charge in [0.15, 0.2) is 11.5 Å². The minimum absolute atomic E-state index is 0.122. The maximum Gasteiger partial charge on any atom is 0.227 e. The van der Waals surface area contributed by atoms with Gasteiger partial charge in [0.25, 0.3) is 0 Å². The first kappa shape index (κ1) is 22.1. The second kappa shape index (κ2) is 9.97. The smallest absolute Gasteiger partial charge is 0.227 e. The molecule has 8 heteroatoms. The SMILES string of the molecule is CCOc1ccc(CNC(=O)[C@H]2CC(=O)N(c3cccc(NC(C)=O)c3)C2)cc1OC. The van der Waals surface area contributed by atoms with Gasteiger partial charge in [-0.2, -0.15) is 0 Å². The molecule has 3 amide bonds. The Bertz CT molecular complexity index is 975. The molecule has 3 rings (SSSR count). The van der Waals surface area contributed by atoms with E-state index in [1.54, 1.807) is 36.3 Å². The van der Waals surface area contributed by atoms with Crippen LogP contribution in [0.5, 0.6) is 11.5 Å². The monoisotopic (exact) mass is 425 g/mol. The number of methoxy groups -OCH3 is 1. The van der Waals surface area contributed by atoms with Gasteiger partial charge in [-0.1, -0.05) is 12.1 Å². The molecule has 1 heterocycles. The van der Waals surface area contributed by atoms with E-state index in [1.807, 2.05) is 25.1 Å². The predicted molar refractivity (Wildman–Crippen MR) is 117 cm³/mol. The topological polar surface area (TPSA) is 97.0 Å². The number of benzene rings is 2. The molecule has 0 bridgehead atoms. The van der Waals surface area contributed by atoms with Crippen molar-refractivity contribution in [1.29, 1.82) is 0 Å². The first-order valence-corrected chi connectivity index (χ1v) is 10.2. The normalized spacial score (nSPS) is 15.5. The summed E-state index contributed by atoms with van der Waals surface area (Å²) in [7, 11) is 1.57. The first-order valence-electron chi connectivity index (χ1n) is 10.2. The van der Waals surface area contributed by atoms with Gasteiger partial charge in [0, 0.05) is 37.8 Å². The highest BCUT2D eigenvalue weighted by atomic mass is 16.5. The number of rotatable bonds is 8. The predicted octanol–water partition coefficient (Wildman–Crippen LogP) is 2.72. The molecule has 0 saturated carbocycles. The molecule has 2 N–H and O–H groups in total. The lowest BCUT2D eigenvalue weighted by molar-refractivity contribution is -0.126. The van der Waals surface area contributed by atoms with E-state index in [1.165, 1.54) is 6.92 Å². The standard InChI is InChI=1S/C23H27N3O5/c1-4-31-20-9-8-16(10-21(20)30-3)13-24-23(29)17-11-22(28)26(14-17)19-7-5-6-18(12-19)25-15(2)27/h5-10,12,17H,4,11,13-14H2,1-3H3,(H,24,29)(H,25,27)/t17-/m0/s1. The Balaban J connectivity index is 1.61. The number of nitrogens with zero attached hydrogens (tertiary/aromatic N) is 1. The molecule has 0 unspecified atom stereocenters. The Morgan fingerprint density at radius 2 is 1.97 bits per heavy atom. The number of hydrogen-bond donors (Lipinski definition) is 2. The van der Waals surface area contributed by atoms with Crippen LogP contribution in [-0.2, 0) is 20.9 Å². The number of carbonyl (C=O) groups is 3. The Morgan fingerprint density at radius 1 is 1.16 bits per heavy atom. The van der Waals surface area contributed by atoms with Gasteiger partial charge in [-0.05, 0) is 42.8 Å². The highest BCUT2D eigenvalue weighted by molar-refractivity contribution is 6.01. The molecule has 31 heavy (non-hydrogen) atoms. The highest BCUT2D eigenvalue weighted by Gasteiger charge is 2.35. The van der Waals surface area contributed by atoms with Crippen molar-refractivity contribution in [3.63, 3.8) is 0 Å². The molecule has 2 aromatic rings. The molecule has 1 atom stereocenters. The summed E-state index contributed by atoms with van der Waals surface area (Å²) in [5, 5.41) is 5.60. The van der Waals surface area contributed by atoms with Crippen LogP contribution in [-0.4, -0.2) is 38.0 Å². The van der Waals surface area contributed by atoms with E-state index in [0.717, 1.165) is 5.56 Å². The van der Waals surface area contributed by atoms with Crippen LogP contribution in [0.2, 0.25) is 0 Å². The van der Waals surface area contributed by atoms with Crippen molar-refractivity contribution >= 4 is 29.1 Å². The van der Waals surface area contributed by atoms with E-state index in [0.29, 0.717) is 42.6 Å². The van der Waals surface area contributed by atoms with Crippen molar-refractivity contribution < 1.29 is 23.9 Å². The largest absolute Gasteiger partial charge is 0.493 e. The third-order valence-electron chi connectivity index (χ3n) is 4.97. The number of carbonyl (C=O) groups excluding carboxylic acids is 3. The minimum atomic E-state index is -0.443. The number of ether oxygens (including phenoxy) is 2. The summed E-state index contributed by atoms with van der Waals surface area (Å²) >= 11 is 0. The molecule has 0 radical (unpaired) electrons. The fourth-order valence-electron chi connectivity index (χ4n) is 3.52. The van der Waals surface area contributed by atoms with Gasteiger partial charge in [-0.25, -0.2) is 0 Å². The molecule has 0 aliphatic carbocycles. The van der Waals surface area contributed by atoms with Gasteiger partial charge in [-0.15, -0.1) is 0 Å². The third kappa shape index (κ3) is 5.53. The quantitative estimate of drug-likeness (QED) is 0.678. The van der Waals surface area contributed by atoms with Crippen LogP contribution in [0.15, 0.2) is 42.5 Å². The van der Waals surface area contributed by atoms with E-state index >= 15 is 0 Å². The lowest BCUT2D eigenvalue weighted by Crippen LogP contribution is -2.32. The van der Waals surface area contributed by atoms with E-state index in [-0.39, 0.29) is 24.1 Å². The molecule has 1 fully saturated rings. The van der Waals surface area contributed by atoms with Crippen molar-refractivity contribution in [2.24, 2.45) is 5.92 Å². The maximum atomic E-state index is 12.7. The Kier molecular flexibility index (Phi) is 7.12. The highest BCUT2D eigenvalue weighted by Crippen LogP contribution is 2.29. The van der Waals surface area contributed by atoms with Gasteiger partial charge < -0.3 is 25.0 Å². The van der Waals surface area contributed by atoms with Gasteiger partial charge in [-0.3, -0.25) is 14.4 Å². The molecular weight excluding hydrogens is 398 g/mol. The second-order valence-electron chi connectivity index (χ2n) is 7.27. The van der Waals surface area contributed by atoms with Gasteiger partial charge >= 0.3 is 0 Å². The van der Waals surface area contributed by atoms with Gasteiger partial charge in [0.05, 0.1) is 19.6 Å². The molecule has 8 nitrogen and oxygen atoms in total. The minimum Gasteiger partial charge on any atom is -0.493 e. The molecule has 1 aliphatic rings. The van der Waals surface area contributed by atoms with Crippen LogP contribution in [0.4, 0.5) is 11.4 Å². The van der Waals surface area contributed by atoms with Crippen LogP contribution in [0, 0.1) is 5.92 Å². The zero-order valence-electron chi connectivity index (χ0n) is 17.9. The number of hydrogen-bond acceptors (Lipinski definition) is 5. The summed E-state index contributed by atoms with van der Waals surface area (Å²) in [6.07, 6.45) is 0.142. The van der Waals surface area contributed by atoms with E-state index in [4.69, 9.17) is 9.47 Å². The van der Waals surface area contributed by atoms with Crippen LogP contribution < -0.4 is 25.0 Å². The van der Waals surface area contributed by atoms with Crippen LogP contribution in [0.3, 0.4) is 0 Å². The molecular formula is C23H27N3O5. The maximum absolute atomic E-state index is 12.7. The van der Waals surface area contributed by atoms with Crippen molar-refractivity contribution in [1.82, 2.24) is 5.32 Å². The lowest BCUT2D eigenvalue weighted by Gasteiger charge is -2.18. The summed E-state index contributed by atoms with van der Waals surface area (Å²) in [4.78, 5) is 38.0. The fourth-order valence-corrected chi connectivity index (χ4v) is 3.52. The summed E-state index contributed by atoms with van der Waals surface area (Å²) in [5.74, 6) is 0.327. The van der Waals surface area contributed by atoms with Crippen molar-refractivity contribution in [2.75, 3.05) is 30.5 Å².